The number of nitrogens with one attached hydrogen (secondary N) is 1. The summed E-state index contributed by atoms with van der Waals surface area (Å²) in [6.45, 7) is 0.870. The van der Waals surface area contributed by atoms with Crippen molar-refractivity contribution in [2.75, 3.05) is 12.3 Å². The van der Waals surface area contributed by atoms with Crippen LogP contribution in [0.25, 0.3) is 0 Å². The van der Waals surface area contributed by atoms with Crippen LogP contribution in [-0.4, -0.2) is 23.2 Å². The third-order valence-corrected chi connectivity index (χ3v) is 3.82. The Morgan fingerprint density at radius 2 is 1.55 bits per heavy atom. The van der Waals surface area contributed by atoms with E-state index in [0.29, 0.717) is 0 Å². The van der Waals surface area contributed by atoms with Crippen LogP contribution in [0.3, 0.4) is 0 Å². The summed E-state index contributed by atoms with van der Waals surface area (Å²) >= 11 is 1.71. The van der Waals surface area contributed by atoms with E-state index in [-0.39, 0.29) is 0 Å². The lowest BCUT2D eigenvalue weighted by Crippen LogP contribution is -2.16. The second-order valence-corrected chi connectivity index (χ2v) is 5.42. The summed E-state index contributed by atoms with van der Waals surface area (Å²) in [5.74, 6) is 1.03. The van der Waals surface area contributed by atoms with Crippen molar-refractivity contribution in [1.29, 1.82) is 0 Å². The molecule has 0 radical (unpaired) electrons. The van der Waals surface area contributed by atoms with E-state index in [2.05, 4.69) is 39.8 Å². The zero-order chi connectivity index (χ0) is 13.6. The van der Waals surface area contributed by atoms with E-state index in [1.54, 1.807) is 11.8 Å². The first-order valence-corrected chi connectivity index (χ1v) is 7.54. The highest BCUT2D eigenvalue weighted by atomic mass is 32.2. The predicted octanol–water partition coefficient (Wildman–Crippen LogP) is 3.13. The number of nitrogens with zero attached hydrogens (tertiary/aromatic N) is 2. The zero-order valence-corrected chi connectivity index (χ0v) is 11.8. The minimum atomic E-state index is 0.870. The Kier molecular flexibility index (Phi) is 4.13. The third kappa shape index (κ3) is 3.08. The smallest absolute Gasteiger partial charge is 0.177 e. The molecule has 0 bridgehead atoms. The fourth-order valence-corrected chi connectivity index (χ4v) is 2.66. The van der Waals surface area contributed by atoms with Gasteiger partial charge in [-0.25, -0.2) is 0 Å². The average molecular weight is 281 g/mol. The first kappa shape index (κ1) is 12.9. The molecule has 1 heterocycles. The lowest BCUT2D eigenvalue weighted by Gasteiger charge is -2.08. The van der Waals surface area contributed by atoms with Gasteiger partial charge in [0.15, 0.2) is 5.17 Å². The van der Waals surface area contributed by atoms with Gasteiger partial charge in [-0.1, -0.05) is 72.4 Å². The Hall–Kier alpha value is -2.07. The van der Waals surface area contributed by atoms with Gasteiger partial charge in [0.25, 0.3) is 0 Å². The molecule has 0 aromatic heterocycles. The molecule has 0 unspecified atom stereocenters. The number of thioether (sulfide) groups is 1. The summed E-state index contributed by atoms with van der Waals surface area (Å²) in [5.41, 5.74) is 6.20. The van der Waals surface area contributed by atoms with Gasteiger partial charge >= 0.3 is 0 Å². The molecule has 0 fully saturated rings. The van der Waals surface area contributed by atoms with Crippen molar-refractivity contribution in [3.63, 3.8) is 0 Å². The number of hydrogen-bond acceptors (Lipinski definition) is 4. The van der Waals surface area contributed by atoms with E-state index < -0.39 is 0 Å². The van der Waals surface area contributed by atoms with Crippen LogP contribution < -0.4 is 5.43 Å². The van der Waals surface area contributed by atoms with E-state index in [4.69, 9.17) is 0 Å². The summed E-state index contributed by atoms with van der Waals surface area (Å²) in [5, 5.41) is 5.46. The minimum absolute atomic E-state index is 0.870. The Balaban J connectivity index is 1.93. The number of rotatable bonds is 3. The van der Waals surface area contributed by atoms with Crippen LogP contribution in [0.2, 0.25) is 0 Å². The standard InChI is InChI=1S/C16H15N3S/c1-3-7-13(8-4-1)15(14-9-5-2-6-10-14)18-19-16-17-11-12-20-16/h1-10H,11-12H2,(H,17,19). The van der Waals surface area contributed by atoms with Crippen LogP contribution in [0.15, 0.2) is 70.8 Å². The highest BCUT2D eigenvalue weighted by Gasteiger charge is 2.09. The number of hydrogen-bond donors (Lipinski definition) is 1. The van der Waals surface area contributed by atoms with Gasteiger partial charge in [-0.15, -0.1) is 0 Å². The maximum atomic E-state index is 4.56. The van der Waals surface area contributed by atoms with Gasteiger partial charge < -0.3 is 0 Å². The Bertz CT molecular complexity index is 579. The first-order chi connectivity index (χ1) is 9.93. The van der Waals surface area contributed by atoms with Crippen molar-refractivity contribution in [3.8, 4) is 0 Å². The SMILES string of the molecule is c1ccc(C(=NNC2=NCCS2)c2ccccc2)cc1. The minimum Gasteiger partial charge on any atom is -0.260 e. The van der Waals surface area contributed by atoms with Crippen LogP contribution in [0, 0.1) is 0 Å². The monoisotopic (exact) mass is 281 g/mol. The third-order valence-electron chi connectivity index (χ3n) is 2.94. The van der Waals surface area contributed by atoms with Gasteiger partial charge in [-0.3, -0.25) is 10.4 Å². The normalized spacial score (nSPS) is 13.7. The Morgan fingerprint density at radius 3 is 2.05 bits per heavy atom. The van der Waals surface area contributed by atoms with Crippen LogP contribution in [0.5, 0.6) is 0 Å². The molecule has 4 heteroatoms. The van der Waals surface area contributed by atoms with Gasteiger partial charge in [0.2, 0.25) is 0 Å². The molecule has 1 aliphatic heterocycles. The largest absolute Gasteiger partial charge is 0.260 e. The molecule has 2 aromatic rings. The van der Waals surface area contributed by atoms with Crippen molar-refractivity contribution in [2.24, 2.45) is 10.1 Å². The van der Waals surface area contributed by atoms with Crippen LogP contribution in [0.1, 0.15) is 11.1 Å². The van der Waals surface area contributed by atoms with Crippen LogP contribution >= 0.6 is 11.8 Å². The maximum absolute atomic E-state index is 4.56. The molecule has 20 heavy (non-hydrogen) atoms. The zero-order valence-electron chi connectivity index (χ0n) is 11.0. The molecule has 0 saturated carbocycles. The molecule has 0 spiro atoms. The van der Waals surface area contributed by atoms with E-state index in [0.717, 1.165) is 34.3 Å². The van der Waals surface area contributed by atoms with E-state index in [9.17, 15) is 0 Å². The molecule has 0 aliphatic carbocycles. The Labute approximate surface area is 122 Å². The highest BCUT2D eigenvalue weighted by Crippen LogP contribution is 2.12. The predicted molar refractivity (Wildman–Crippen MR) is 86.4 cm³/mol. The van der Waals surface area contributed by atoms with Gasteiger partial charge in [0, 0.05) is 16.9 Å². The number of amidine groups is 1. The first-order valence-electron chi connectivity index (χ1n) is 6.55. The molecular formula is C16H15N3S. The fourth-order valence-electron chi connectivity index (χ4n) is 1.99. The summed E-state index contributed by atoms with van der Waals surface area (Å²) in [6, 6.07) is 20.4. The topological polar surface area (TPSA) is 36.8 Å². The summed E-state index contributed by atoms with van der Waals surface area (Å²) in [7, 11) is 0. The van der Waals surface area contributed by atoms with E-state index in [1.165, 1.54) is 0 Å². The summed E-state index contributed by atoms with van der Waals surface area (Å²) < 4.78 is 0. The molecule has 3 rings (SSSR count). The second kappa shape index (κ2) is 6.39. The van der Waals surface area contributed by atoms with Crippen molar-refractivity contribution in [1.82, 2.24) is 5.43 Å². The number of hydrazone groups is 1. The highest BCUT2D eigenvalue weighted by molar-refractivity contribution is 8.14. The van der Waals surface area contributed by atoms with E-state index >= 15 is 0 Å². The Morgan fingerprint density at radius 1 is 0.950 bits per heavy atom. The van der Waals surface area contributed by atoms with Crippen molar-refractivity contribution in [3.05, 3.63) is 71.8 Å². The molecule has 1 aliphatic rings. The maximum Gasteiger partial charge on any atom is 0.177 e. The average Bonchev–Trinajstić information content (AvgIpc) is 3.03. The molecule has 100 valence electrons. The van der Waals surface area contributed by atoms with Gasteiger partial charge in [-0.2, -0.15) is 5.10 Å². The number of aliphatic imine (C=N–C) groups is 1. The van der Waals surface area contributed by atoms with Crippen molar-refractivity contribution >= 4 is 22.6 Å². The molecule has 0 atom stereocenters. The molecule has 0 amide bonds. The second-order valence-electron chi connectivity index (χ2n) is 4.34. The summed E-state index contributed by atoms with van der Waals surface area (Å²) in [4.78, 5) is 4.36. The van der Waals surface area contributed by atoms with Gasteiger partial charge in [0.05, 0.1) is 12.3 Å². The molecule has 1 N–H and O–H groups in total. The van der Waals surface area contributed by atoms with Gasteiger partial charge in [0.1, 0.15) is 0 Å². The fraction of sp³-hybridized carbons (Fsp3) is 0.125. The lowest BCUT2D eigenvalue weighted by atomic mass is 10.0. The van der Waals surface area contributed by atoms with Crippen molar-refractivity contribution in [2.45, 2.75) is 0 Å². The van der Waals surface area contributed by atoms with Crippen LogP contribution in [-0.2, 0) is 0 Å². The lowest BCUT2D eigenvalue weighted by molar-refractivity contribution is 1.03. The number of benzene rings is 2. The van der Waals surface area contributed by atoms with Crippen LogP contribution in [0.4, 0.5) is 0 Å². The molecule has 0 saturated heterocycles. The molecule has 3 nitrogen and oxygen atoms in total. The molecule has 2 aromatic carbocycles. The quantitative estimate of drug-likeness (QED) is 0.693. The van der Waals surface area contributed by atoms with E-state index in [1.807, 2.05) is 36.4 Å². The van der Waals surface area contributed by atoms with Gasteiger partial charge in [-0.05, 0) is 0 Å². The molecular weight excluding hydrogens is 266 g/mol. The summed E-state index contributed by atoms with van der Waals surface area (Å²) in [6.07, 6.45) is 0. The van der Waals surface area contributed by atoms with Crippen molar-refractivity contribution < 1.29 is 0 Å².